The lowest BCUT2D eigenvalue weighted by molar-refractivity contribution is 0.263. The SMILES string of the molecule is O=P(O)(COC1=c2scnc2=C2CCCCC2C1)Oc1ccccc1. The van der Waals surface area contributed by atoms with Gasteiger partial charge in [0.25, 0.3) is 0 Å². The minimum atomic E-state index is -3.88. The van der Waals surface area contributed by atoms with Crippen LogP contribution in [-0.2, 0) is 9.30 Å². The Labute approximate surface area is 150 Å². The number of benzene rings is 1. The van der Waals surface area contributed by atoms with Crippen LogP contribution in [-0.4, -0.2) is 16.2 Å². The number of para-hydroxylation sites is 1. The normalized spacial score (nSPS) is 21.9. The maximum absolute atomic E-state index is 12.3. The molecular formula is C18H20NO4PS. The first-order valence-electron chi connectivity index (χ1n) is 8.47. The van der Waals surface area contributed by atoms with Gasteiger partial charge in [0, 0.05) is 6.42 Å². The lowest BCUT2D eigenvalue weighted by atomic mass is 9.80. The maximum Gasteiger partial charge on any atom is 0.413 e. The smallest absolute Gasteiger partial charge is 0.413 e. The standard InChI is InChI=1S/C18H20NO4PS/c20-24(21,23-14-7-2-1-3-8-14)12-22-16-10-13-6-4-5-9-15(13)17-18(16)25-11-19-17/h1-3,7-8,11,13H,4-6,9-10,12H2,(H,20,21). The fourth-order valence-corrected chi connectivity index (χ4v) is 5.22. The summed E-state index contributed by atoms with van der Waals surface area (Å²) in [6, 6.07) is 8.65. The van der Waals surface area contributed by atoms with Crippen LogP contribution in [0.5, 0.6) is 5.75 Å². The van der Waals surface area contributed by atoms with Gasteiger partial charge in [-0.3, -0.25) is 0 Å². The monoisotopic (exact) mass is 377 g/mol. The van der Waals surface area contributed by atoms with Gasteiger partial charge in [-0.15, -0.1) is 11.3 Å². The Morgan fingerprint density at radius 1 is 1.28 bits per heavy atom. The molecule has 1 aromatic heterocycles. The zero-order chi connectivity index (χ0) is 17.3. The van der Waals surface area contributed by atoms with Gasteiger partial charge >= 0.3 is 7.60 Å². The van der Waals surface area contributed by atoms with Gasteiger partial charge in [0.05, 0.1) is 15.4 Å². The number of hydrogen-bond acceptors (Lipinski definition) is 5. The fourth-order valence-electron chi connectivity index (χ4n) is 3.57. The van der Waals surface area contributed by atoms with E-state index in [4.69, 9.17) is 9.26 Å². The molecule has 2 aromatic rings. The molecule has 5 nitrogen and oxygen atoms in total. The molecule has 1 N–H and O–H groups in total. The third-order valence-corrected chi connectivity index (χ3v) is 6.51. The molecule has 4 rings (SSSR count). The number of thiazole rings is 1. The van der Waals surface area contributed by atoms with Crippen LogP contribution >= 0.6 is 18.9 Å². The summed E-state index contributed by atoms with van der Waals surface area (Å²) in [5.74, 6) is 1.59. The average Bonchev–Trinajstić information content (AvgIpc) is 3.10. The van der Waals surface area contributed by atoms with Crippen LogP contribution in [0.2, 0.25) is 0 Å². The van der Waals surface area contributed by atoms with Crippen molar-refractivity contribution >= 4 is 30.3 Å². The molecule has 0 saturated heterocycles. The molecule has 7 heteroatoms. The van der Waals surface area contributed by atoms with Gasteiger partial charge in [-0.05, 0) is 42.9 Å². The van der Waals surface area contributed by atoms with Gasteiger partial charge in [-0.2, -0.15) is 0 Å². The quantitative estimate of drug-likeness (QED) is 0.811. The van der Waals surface area contributed by atoms with Gasteiger partial charge in [0.2, 0.25) is 0 Å². The molecule has 0 bridgehead atoms. The maximum atomic E-state index is 12.3. The molecule has 2 aliphatic rings. The zero-order valence-corrected chi connectivity index (χ0v) is 15.5. The first-order chi connectivity index (χ1) is 12.1. The predicted molar refractivity (Wildman–Crippen MR) is 97.6 cm³/mol. The molecule has 2 aliphatic carbocycles. The van der Waals surface area contributed by atoms with Crippen molar-refractivity contribution in [3.05, 3.63) is 45.7 Å². The molecule has 0 aliphatic heterocycles. The molecular weight excluding hydrogens is 357 g/mol. The summed E-state index contributed by atoms with van der Waals surface area (Å²) in [4.78, 5) is 14.6. The third kappa shape index (κ3) is 3.66. The molecule has 0 radical (unpaired) electrons. The van der Waals surface area contributed by atoms with Crippen molar-refractivity contribution in [1.82, 2.24) is 4.98 Å². The number of ether oxygens (including phenoxy) is 1. The second-order valence-corrected chi connectivity index (χ2v) is 9.01. The molecule has 2 unspecified atom stereocenters. The molecule has 1 aromatic carbocycles. The summed E-state index contributed by atoms with van der Waals surface area (Å²) in [5, 5.41) is 1.03. The molecule has 1 saturated carbocycles. The number of hydrogen-bond donors (Lipinski definition) is 1. The van der Waals surface area contributed by atoms with E-state index in [0.29, 0.717) is 11.7 Å². The van der Waals surface area contributed by atoms with Crippen molar-refractivity contribution < 1.29 is 18.7 Å². The summed E-state index contributed by atoms with van der Waals surface area (Å²) in [6.45, 7) is 0. The Balaban J connectivity index is 1.55. The zero-order valence-electron chi connectivity index (χ0n) is 13.8. The first-order valence-corrected chi connectivity index (χ1v) is 11.1. The Bertz CT molecular complexity index is 924. The molecule has 0 spiro atoms. The molecule has 0 amide bonds. The van der Waals surface area contributed by atoms with E-state index in [-0.39, 0.29) is 6.35 Å². The van der Waals surface area contributed by atoms with E-state index in [2.05, 4.69) is 4.98 Å². The highest BCUT2D eigenvalue weighted by Crippen LogP contribution is 2.44. The summed E-state index contributed by atoms with van der Waals surface area (Å²) in [5.41, 5.74) is 3.26. The number of rotatable bonds is 5. The highest BCUT2D eigenvalue weighted by atomic mass is 32.1. The van der Waals surface area contributed by atoms with Crippen LogP contribution in [0.15, 0.2) is 35.8 Å². The molecule has 2 atom stereocenters. The largest absolute Gasteiger partial charge is 0.483 e. The van der Waals surface area contributed by atoms with E-state index >= 15 is 0 Å². The highest BCUT2D eigenvalue weighted by molar-refractivity contribution is 7.53. The second kappa shape index (κ2) is 6.94. The van der Waals surface area contributed by atoms with E-state index in [1.165, 1.54) is 29.8 Å². The van der Waals surface area contributed by atoms with E-state index in [9.17, 15) is 9.46 Å². The van der Waals surface area contributed by atoms with Crippen molar-refractivity contribution in [1.29, 1.82) is 0 Å². The van der Waals surface area contributed by atoms with Gasteiger partial charge in [-0.1, -0.05) is 24.6 Å². The third-order valence-electron chi connectivity index (χ3n) is 4.69. The second-order valence-electron chi connectivity index (χ2n) is 6.44. The molecule has 1 heterocycles. The number of aromatic nitrogens is 1. The van der Waals surface area contributed by atoms with Crippen molar-refractivity contribution in [2.45, 2.75) is 32.1 Å². The van der Waals surface area contributed by atoms with Crippen molar-refractivity contribution in [3.8, 4) is 5.75 Å². The number of nitrogens with zero attached hydrogens (tertiary/aromatic N) is 1. The van der Waals surface area contributed by atoms with Crippen molar-refractivity contribution in [2.75, 3.05) is 6.35 Å². The van der Waals surface area contributed by atoms with Crippen molar-refractivity contribution in [2.24, 2.45) is 5.92 Å². The lowest BCUT2D eigenvalue weighted by Crippen LogP contribution is -2.35. The van der Waals surface area contributed by atoms with Crippen LogP contribution in [0.3, 0.4) is 0 Å². The summed E-state index contributed by atoms with van der Waals surface area (Å²) in [7, 11) is -3.88. The minimum absolute atomic E-state index is 0.351. The van der Waals surface area contributed by atoms with Gasteiger partial charge in [0.15, 0.2) is 6.35 Å². The Kier molecular flexibility index (Phi) is 4.67. The Hall–Kier alpha value is -1.62. The lowest BCUT2D eigenvalue weighted by Gasteiger charge is -2.28. The fraction of sp³-hybridized carbons (Fsp3) is 0.389. The Morgan fingerprint density at radius 3 is 2.96 bits per heavy atom. The van der Waals surface area contributed by atoms with Crippen LogP contribution in [0.1, 0.15) is 32.1 Å². The van der Waals surface area contributed by atoms with E-state index in [1.54, 1.807) is 24.3 Å². The van der Waals surface area contributed by atoms with Gasteiger partial charge in [0.1, 0.15) is 11.5 Å². The Morgan fingerprint density at radius 2 is 2.12 bits per heavy atom. The number of fused-ring (bicyclic) bond motifs is 2. The predicted octanol–water partition coefficient (Wildman–Crippen LogP) is 3.23. The van der Waals surface area contributed by atoms with Crippen molar-refractivity contribution in [3.63, 3.8) is 0 Å². The summed E-state index contributed by atoms with van der Waals surface area (Å²) >= 11 is 1.54. The summed E-state index contributed by atoms with van der Waals surface area (Å²) in [6.07, 6.45) is 5.11. The van der Waals surface area contributed by atoms with Crippen LogP contribution in [0.4, 0.5) is 0 Å². The van der Waals surface area contributed by atoms with E-state index < -0.39 is 7.60 Å². The van der Waals surface area contributed by atoms with Gasteiger partial charge in [-0.25, -0.2) is 9.55 Å². The minimum Gasteiger partial charge on any atom is -0.483 e. The van der Waals surface area contributed by atoms with E-state index in [0.717, 1.165) is 34.9 Å². The molecule has 25 heavy (non-hydrogen) atoms. The van der Waals surface area contributed by atoms with Gasteiger partial charge < -0.3 is 14.2 Å². The highest BCUT2D eigenvalue weighted by Gasteiger charge is 2.29. The van der Waals surface area contributed by atoms with Crippen LogP contribution in [0.25, 0.3) is 11.3 Å². The topological polar surface area (TPSA) is 68.7 Å². The first kappa shape index (κ1) is 16.8. The average molecular weight is 377 g/mol. The van der Waals surface area contributed by atoms with Crippen LogP contribution < -0.4 is 14.4 Å². The van der Waals surface area contributed by atoms with Crippen LogP contribution in [0, 0.1) is 5.92 Å². The molecule has 1 fully saturated rings. The summed E-state index contributed by atoms with van der Waals surface area (Å²) < 4.78 is 24.4. The van der Waals surface area contributed by atoms with E-state index in [1.807, 2.05) is 11.6 Å². The molecule has 132 valence electrons.